The first-order valence-corrected chi connectivity index (χ1v) is 5.49. The maximum atomic E-state index is 11.0. The number of benzene rings is 1. The Balaban J connectivity index is 2.54. The Kier molecular flexibility index (Phi) is 3.56. The van der Waals surface area contributed by atoms with Gasteiger partial charge in [-0.1, -0.05) is 0 Å². The Bertz CT molecular complexity index is 598. The molecular formula is C12H12N4O3. The maximum Gasteiger partial charge on any atom is 0.313 e. The smallest absolute Gasteiger partial charge is 0.313 e. The fourth-order valence-electron chi connectivity index (χ4n) is 1.59. The van der Waals surface area contributed by atoms with E-state index in [1.54, 1.807) is 38.4 Å². The Morgan fingerprint density at radius 1 is 1.32 bits per heavy atom. The minimum absolute atomic E-state index is 0.135. The summed E-state index contributed by atoms with van der Waals surface area (Å²) in [6.07, 6.45) is 1.19. The van der Waals surface area contributed by atoms with Crippen LogP contribution in [0.4, 0.5) is 11.6 Å². The van der Waals surface area contributed by atoms with E-state index in [4.69, 9.17) is 4.74 Å². The molecule has 0 saturated carbocycles. The molecular weight excluding hydrogens is 248 g/mol. The molecule has 2 rings (SSSR count). The summed E-state index contributed by atoms with van der Waals surface area (Å²) in [5.41, 5.74) is 0.766. The summed E-state index contributed by atoms with van der Waals surface area (Å²) in [6, 6.07) is 6.88. The van der Waals surface area contributed by atoms with Gasteiger partial charge in [0.05, 0.1) is 12.0 Å². The zero-order valence-corrected chi connectivity index (χ0v) is 10.5. The molecule has 0 atom stereocenters. The first-order chi connectivity index (χ1) is 9.15. The number of hydrogen-bond acceptors (Lipinski definition) is 6. The molecule has 0 fully saturated rings. The number of nitrogens with one attached hydrogen (secondary N) is 1. The minimum atomic E-state index is -0.501. The molecule has 0 spiro atoms. The number of nitrogens with zero attached hydrogens (tertiary/aromatic N) is 3. The highest BCUT2D eigenvalue weighted by Crippen LogP contribution is 2.29. The van der Waals surface area contributed by atoms with Crippen molar-refractivity contribution in [2.75, 3.05) is 19.5 Å². The van der Waals surface area contributed by atoms with E-state index in [1.165, 1.54) is 6.20 Å². The summed E-state index contributed by atoms with van der Waals surface area (Å²) in [7, 11) is 3.21. The SMILES string of the molecule is CNc1ncc([N+](=O)[O-])c(-c2ccc(OC)cc2)n1. The molecule has 1 N–H and O–H groups in total. The summed E-state index contributed by atoms with van der Waals surface area (Å²) in [5, 5.41) is 13.8. The highest BCUT2D eigenvalue weighted by atomic mass is 16.6. The fourth-order valence-corrected chi connectivity index (χ4v) is 1.59. The molecule has 0 bridgehead atoms. The lowest BCUT2D eigenvalue weighted by atomic mass is 10.1. The Morgan fingerprint density at radius 2 is 2.00 bits per heavy atom. The van der Waals surface area contributed by atoms with Crippen LogP contribution in [-0.4, -0.2) is 29.0 Å². The summed E-state index contributed by atoms with van der Waals surface area (Å²) >= 11 is 0. The lowest BCUT2D eigenvalue weighted by molar-refractivity contribution is -0.384. The summed E-state index contributed by atoms with van der Waals surface area (Å²) < 4.78 is 5.05. The topological polar surface area (TPSA) is 90.2 Å². The predicted molar refractivity (Wildman–Crippen MR) is 70.2 cm³/mol. The lowest BCUT2D eigenvalue weighted by Gasteiger charge is -2.05. The van der Waals surface area contributed by atoms with E-state index in [-0.39, 0.29) is 11.4 Å². The van der Waals surface area contributed by atoms with Crippen molar-refractivity contribution in [1.82, 2.24) is 9.97 Å². The van der Waals surface area contributed by atoms with Crippen molar-refractivity contribution >= 4 is 11.6 Å². The third-order valence-electron chi connectivity index (χ3n) is 2.55. The molecule has 0 saturated heterocycles. The molecule has 98 valence electrons. The van der Waals surface area contributed by atoms with Crippen LogP contribution in [0.2, 0.25) is 0 Å². The maximum absolute atomic E-state index is 11.0. The van der Waals surface area contributed by atoms with Gasteiger partial charge in [-0.05, 0) is 24.3 Å². The van der Waals surface area contributed by atoms with Gasteiger partial charge in [-0.25, -0.2) is 9.97 Å². The van der Waals surface area contributed by atoms with Crippen LogP contribution in [-0.2, 0) is 0 Å². The summed E-state index contributed by atoms with van der Waals surface area (Å²) in [6.45, 7) is 0. The van der Waals surface area contributed by atoms with E-state index in [1.807, 2.05) is 0 Å². The zero-order valence-electron chi connectivity index (χ0n) is 10.5. The van der Waals surface area contributed by atoms with Gasteiger partial charge in [-0.2, -0.15) is 0 Å². The molecule has 7 heteroatoms. The summed E-state index contributed by atoms with van der Waals surface area (Å²) in [5.74, 6) is 1.01. The normalized spacial score (nSPS) is 10.0. The molecule has 1 aromatic heterocycles. The molecule has 0 radical (unpaired) electrons. The number of anilines is 1. The van der Waals surface area contributed by atoms with Crippen molar-refractivity contribution in [3.8, 4) is 17.0 Å². The third kappa shape index (κ3) is 2.59. The van der Waals surface area contributed by atoms with E-state index >= 15 is 0 Å². The van der Waals surface area contributed by atoms with E-state index < -0.39 is 4.92 Å². The standard InChI is InChI=1S/C12H12N4O3/c1-13-12-14-7-10(16(17)18)11(15-12)8-3-5-9(19-2)6-4-8/h3-7H,1-2H3,(H,13,14,15). The number of nitro groups is 1. The van der Waals surface area contributed by atoms with Crippen molar-refractivity contribution < 1.29 is 9.66 Å². The zero-order chi connectivity index (χ0) is 13.8. The van der Waals surface area contributed by atoms with Gasteiger partial charge in [0.25, 0.3) is 0 Å². The molecule has 2 aromatic rings. The average Bonchev–Trinajstić information content (AvgIpc) is 2.46. The number of rotatable bonds is 4. The number of methoxy groups -OCH3 is 1. The van der Waals surface area contributed by atoms with Crippen LogP contribution in [0.25, 0.3) is 11.3 Å². The Labute approximate surface area is 109 Å². The molecule has 0 amide bonds. The first-order valence-electron chi connectivity index (χ1n) is 5.49. The third-order valence-corrected chi connectivity index (χ3v) is 2.55. The molecule has 7 nitrogen and oxygen atoms in total. The van der Waals surface area contributed by atoms with Gasteiger partial charge in [0.15, 0.2) is 5.69 Å². The molecule has 0 aliphatic rings. The van der Waals surface area contributed by atoms with Crippen LogP contribution in [0.3, 0.4) is 0 Å². The van der Waals surface area contributed by atoms with Gasteiger partial charge in [0.1, 0.15) is 11.9 Å². The van der Waals surface area contributed by atoms with E-state index in [2.05, 4.69) is 15.3 Å². The van der Waals surface area contributed by atoms with E-state index in [0.717, 1.165) is 0 Å². The Hall–Kier alpha value is -2.70. The van der Waals surface area contributed by atoms with Crippen molar-refractivity contribution in [3.63, 3.8) is 0 Å². The van der Waals surface area contributed by atoms with Crippen LogP contribution in [0.1, 0.15) is 0 Å². The van der Waals surface area contributed by atoms with Crippen LogP contribution in [0, 0.1) is 10.1 Å². The molecule has 0 aliphatic heterocycles. The van der Waals surface area contributed by atoms with Gasteiger partial charge >= 0.3 is 5.69 Å². The second-order valence-corrected chi connectivity index (χ2v) is 3.66. The Morgan fingerprint density at radius 3 is 2.53 bits per heavy atom. The van der Waals surface area contributed by atoms with Gasteiger partial charge in [-0.15, -0.1) is 0 Å². The molecule has 1 aromatic carbocycles. The molecule has 0 aliphatic carbocycles. The van der Waals surface area contributed by atoms with Crippen LogP contribution < -0.4 is 10.1 Å². The van der Waals surface area contributed by atoms with Gasteiger partial charge in [-0.3, -0.25) is 10.1 Å². The van der Waals surface area contributed by atoms with Crippen molar-refractivity contribution in [1.29, 1.82) is 0 Å². The average molecular weight is 260 g/mol. The van der Waals surface area contributed by atoms with Crippen molar-refractivity contribution in [3.05, 3.63) is 40.6 Å². The highest BCUT2D eigenvalue weighted by Gasteiger charge is 2.18. The van der Waals surface area contributed by atoms with E-state index in [0.29, 0.717) is 17.3 Å². The number of aromatic nitrogens is 2. The molecule has 19 heavy (non-hydrogen) atoms. The quantitative estimate of drug-likeness (QED) is 0.668. The minimum Gasteiger partial charge on any atom is -0.497 e. The first kappa shape index (κ1) is 12.7. The van der Waals surface area contributed by atoms with Crippen LogP contribution in [0.15, 0.2) is 30.5 Å². The largest absolute Gasteiger partial charge is 0.497 e. The lowest BCUT2D eigenvalue weighted by Crippen LogP contribution is -2.01. The summed E-state index contributed by atoms with van der Waals surface area (Å²) in [4.78, 5) is 18.5. The number of hydrogen-bond donors (Lipinski definition) is 1. The van der Waals surface area contributed by atoms with Crippen LogP contribution in [0.5, 0.6) is 5.75 Å². The van der Waals surface area contributed by atoms with Gasteiger partial charge in [0, 0.05) is 12.6 Å². The van der Waals surface area contributed by atoms with Crippen LogP contribution >= 0.6 is 0 Å². The molecule has 0 unspecified atom stereocenters. The second-order valence-electron chi connectivity index (χ2n) is 3.66. The van der Waals surface area contributed by atoms with Gasteiger partial charge in [0.2, 0.25) is 5.95 Å². The van der Waals surface area contributed by atoms with E-state index in [9.17, 15) is 10.1 Å². The second kappa shape index (κ2) is 5.30. The molecule has 1 heterocycles. The highest BCUT2D eigenvalue weighted by molar-refractivity contribution is 5.70. The van der Waals surface area contributed by atoms with Crippen molar-refractivity contribution in [2.45, 2.75) is 0 Å². The monoisotopic (exact) mass is 260 g/mol. The number of ether oxygens (including phenoxy) is 1. The van der Waals surface area contributed by atoms with Gasteiger partial charge < -0.3 is 10.1 Å². The predicted octanol–water partition coefficient (Wildman–Crippen LogP) is 2.10. The van der Waals surface area contributed by atoms with Crippen molar-refractivity contribution in [2.24, 2.45) is 0 Å². The fraction of sp³-hybridized carbons (Fsp3) is 0.167.